The number of anilines is 1. The largest absolute Gasteiger partial charge is 0.479 e. The van der Waals surface area contributed by atoms with Crippen molar-refractivity contribution in [2.75, 3.05) is 12.4 Å². The van der Waals surface area contributed by atoms with Crippen LogP contribution in [0.25, 0.3) is 27.5 Å². The molecule has 0 unspecified atom stereocenters. The van der Waals surface area contributed by atoms with E-state index in [0.717, 1.165) is 40.4 Å². The fourth-order valence-corrected chi connectivity index (χ4v) is 4.17. The summed E-state index contributed by atoms with van der Waals surface area (Å²) in [5, 5.41) is 19.2. The zero-order valence-corrected chi connectivity index (χ0v) is 17.3. The first kappa shape index (κ1) is 18.8. The molecule has 1 aromatic carbocycles. The molecular weight excluding hydrogens is 378 g/mol. The second-order valence-electron chi connectivity index (χ2n) is 8.54. The average Bonchev–Trinajstić information content (AvgIpc) is 3.12. The molecule has 0 aliphatic heterocycles. The van der Waals surface area contributed by atoms with Gasteiger partial charge in [-0.05, 0) is 62.4 Å². The maximum absolute atomic E-state index is 10.1. The predicted octanol–water partition coefficient (Wildman–Crippen LogP) is 3.91. The molecule has 1 aliphatic carbocycles. The Morgan fingerprint density at radius 1 is 1.20 bits per heavy atom. The third-order valence-corrected chi connectivity index (χ3v) is 6.06. The second kappa shape index (κ2) is 6.95. The van der Waals surface area contributed by atoms with E-state index < -0.39 is 5.60 Å². The number of nitrogens with zero attached hydrogens (tertiary/aromatic N) is 4. The van der Waals surface area contributed by atoms with E-state index in [-0.39, 0.29) is 6.04 Å². The number of benzene rings is 1. The monoisotopic (exact) mass is 403 g/mol. The summed E-state index contributed by atoms with van der Waals surface area (Å²) < 4.78 is 7.43. The molecule has 5 rings (SSSR count). The van der Waals surface area contributed by atoms with Crippen LogP contribution in [-0.4, -0.2) is 43.4 Å². The van der Waals surface area contributed by atoms with Crippen molar-refractivity contribution in [3.8, 4) is 17.0 Å². The van der Waals surface area contributed by atoms with Crippen molar-refractivity contribution in [1.82, 2.24) is 19.6 Å². The summed E-state index contributed by atoms with van der Waals surface area (Å²) in [7, 11) is 1.63. The molecule has 1 fully saturated rings. The van der Waals surface area contributed by atoms with E-state index >= 15 is 0 Å². The quantitative estimate of drug-likeness (QED) is 0.526. The summed E-state index contributed by atoms with van der Waals surface area (Å²) in [6.07, 6.45) is 5.52. The lowest BCUT2D eigenvalue weighted by atomic mass is 9.71. The van der Waals surface area contributed by atoms with Crippen molar-refractivity contribution >= 4 is 22.4 Å². The molecule has 0 atom stereocenters. The minimum atomic E-state index is -0.647. The van der Waals surface area contributed by atoms with Crippen molar-refractivity contribution < 1.29 is 9.84 Å². The molecule has 3 heterocycles. The molecule has 1 saturated carbocycles. The number of aromatic nitrogens is 4. The van der Waals surface area contributed by atoms with Crippen LogP contribution in [0.1, 0.15) is 26.7 Å². The lowest BCUT2D eigenvalue weighted by Crippen LogP contribution is -2.46. The van der Waals surface area contributed by atoms with Crippen molar-refractivity contribution in [1.29, 1.82) is 0 Å². The first-order chi connectivity index (χ1) is 14.4. The van der Waals surface area contributed by atoms with E-state index in [1.54, 1.807) is 13.3 Å². The maximum atomic E-state index is 10.1. The fourth-order valence-electron chi connectivity index (χ4n) is 4.17. The topological polar surface area (TPSA) is 84.6 Å². The van der Waals surface area contributed by atoms with E-state index in [0.29, 0.717) is 17.7 Å². The molecule has 0 radical (unpaired) electrons. The van der Waals surface area contributed by atoms with Gasteiger partial charge in [-0.3, -0.25) is 4.98 Å². The molecule has 3 aromatic heterocycles. The summed E-state index contributed by atoms with van der Waals surface area (Å²) in [4.78, 5) is 9.00. The van der Waals surface area contributed by atoms with Crippen LogP contribution in [0.4, 0.5) is 5.95 Å². The van der Waals surface area contributed by atoms with Gasteiger partial charge in [-0.25, -0.2) is 4.52 Å². The van der Waals surface area contributed by atoms with Gasteiger partial charge in [0, 0.05) is 29.4 Å². The Bertz CT molecular complexity index is 1220. The maximum Gasteiger partial charge on any atom is 0.244 e. The van der Waals surface area contributed by atoms with Crippen LogP contribution in [0.5, 0.6) is 5.88 Å². The van der Waals surface area contributed by atoms with E-state index in [1.165, 1.54) is 0 Å². The van der Waals surface area contributed by atoms with Crippen molar-refractivity contribution in [3.63, 3.8) is 0 Å². The summed E-state index contributed by atoms with van der Waals surface area (Å²) in [5.74, 6) is 1.35. The Hall–Kier alpha value is -3.19. The Morgan fingerprint density at radius 3 is 2.80 bits per heavy atom. The third-order valence-electron chi connectivity index (χ3n) is 6.06. The summed E-state index contributed by atoms with van der Waals surface area (Å²) >= 11 is 0. The number of fused-ring (bicyclic) bond motifs is 2. The molecule has 4 aromatic rings. The van der Waals surface area contributed by atoms with Gasteiger partial charge < -0.3 is 15.2 Å². The van der Waals surface area contributed by atoms with Gasteiger partial charge in [0.15, 0.2) is 0 Å². The fraction of sp³-hybridized carbons (Fsp3) is 0.348. The molecule has 0 amide bonds. The standard InChI is InChI=1S/C23H25N5O2/c1-23(2,29)16-12-17(13-16)25-22-26-21(30-3)20-18(8-10-28(20)27-22)14-6-7-19-15(11-14)5-4-9-24-19/h4-11,16-17,29H,12-13H2,1-3H3,(H,25,27)/t16-,17+. The van der Waals surface area contributed by atoms with E-state index in [4.69, 9.17) is 4.74 Å². The van der Waals surface area contributed by atoms with Gasteiger partial charge >= 0.3 is 0 Å². The van der Waals surface area contributed by atoms with Gasteiger partial charge in [-0.15, -0.1) is 5.10 Å². The molecule has 0 spiro atoms. The van der Waals surface area contributed by atoms with Crippen molar-refractivity contribution in [2.24, 2.45) is 5.92 Å². The normalized spacial score (nSPS) is 19.1. The van der Waals surface area contributed by atoms with Crippen LogP contribution < -0.4 is 10.1 Å². The van der Waals surface area contributed by atoms with Gasteiger partial charge in [0.25, 0.3) is 0 Å². The van der Waals surface area contributed by atoms with Crippen LogP contribution in [0.2, 0.25) is 0 Å². The molecular formula is C23H25N5O2. The summed E-state index contributed by atoms with van der Waals surface area (Å²) in [6.45, 7) is 3.73. The minimum Gasteiger partial charge on any atom is -0.479 e. The minimum absolute atomic E-state index is 0.256. The molecule has 0 bridgehead atoms. The first-order valence-electron chi connectivity index (χ1n) is 10.2. The number of aliphatic hydroxyl groups is 1. The van der Waals surface area contributed by atoms with Gasteiger partial charge in [-0.2, -0.15) is 4.98 Å². The van der Waals surface area contributed by atoms with Crippen LogP contribution >= 0.6 is 0 Å². The molecule has 2 N–H and O–H groups in total. The molecule has 7 heteroatoms. The van der Waals surface area contributed by atoms with Gasteiger partial charge in [0.1, 0.15) is 5.52 Å². The lowest BCUT2D eigenvalue weighted by molar-refractivity contribution is -0.0230. The van der Waals surface area contributed by atoms with Crippen LogP contribution in [0, 0.1) is 5.92 Å². The number of methoxy groups -OCH3 is 1. The molecule has 0 saturated heterocycles. The highest BCUT2D eigenvalue weighted by molar-refractivity contribution is 5.90. The molecule has 1 aliphatic rings. The summed E-state index contributed by atoms with van der Waals surface area (Å²) in [5.41, 5.74) is 3.21. The Balaban J connectivity index is 1.47. The molecule has 30 heavy (non-hydrogen) atoms. The van der Waals surface area contributed by atoms with Gasteiger partial charge in [0.2, 0.25) is 11.8 Å². The number of rotatable bonds is 5. The average molecular weight is 403 g/mol. The highest BCUT2D eigenvalue weighted by atomic mass is 16.5. The van der Waals surface area contributed by atoms with E-state index in [1.807, 2.05) is 42.8 Å². The Kier molecular flexibility index (Phi) is 4.36. The van der Waals surface area contributed by atoms with Crippen LogP contribution in [0.15, 0.2) is 48.8 Å². The van der Waals surface area contributed by atoms with Crippen LogP contribution in [-0.2, 0) is 0 Å². The van der Waals surface area contributed by atoms with E-state index in [2.05, 4.69) is 38.6 Å². The number of hydrogen-bond acceptors (Lipinski definition) is 6. The number of ether oxygens (including phenoxy) is 1. The van der Waals surface area contributed by atoms with E-state index in [9.17, 15) is 5.11 Å². The number of nitrogens with one attached hydrogen (secondary N) is 1. The number of hydrogen-bond donors (Lipinski definition) is 2. The SMILES string of the molecule is COc1nc(N[C@H]2C[C@@H](C(C)(C)O)C2)nn2ccc(-c3ccc4ncccc4c3)c12. The second-order valence-corrected chi connectivity index (χ2v) is 8.54. The van der Waals surface area contributed by atoms with Gasteiger partial charge in [-0.1, -0.05) is 12.1 Å². The summed E-state index contributed by atoms with van der Waals surface area (Å²) in [6, 6.07) is 12.5. The van der Waals surface area contributed by atoms with Crippen LogP contribution in [0.3, 0.4) is 0 Å². The van der Waals surface area contributed by atoms with Crippen molar-refractivity contribution in [3.05, 3.63) is 48.8 Å². The first-order valence-corrected chi connectivity index (χ1v) is 10.2. The zero-order valence-electron chi connectivity index (χ0n) is 17.3. The molecule has 154 valence electrons. The van der Waals surface area contributed by atoms with Gasteiger partial charge in [0.05, 0.1) is 18.2 Å². The highest BCUT2D eigenvalue weighted by Crippen LogP contribution is 2.38. The predicted molar refractivity (Wildman–Crippen MR) is 117 cm³/mol. The van der Waals surface area contributed by atoms with Crippen molar-refractivity contribution in [2.45, 2.75) is 38.3 Å². The Morgan fingerprint density at radius 2 is 2.03 bits per heavy atom. The highest BCUT2D eigenvalue weighted by Gasteiger charge is 2.39. The lowest BCUT2D eigenvalue weighted by Gasteiger charge is -2.42. The smallest absolute Gasteiger partial charge is 0.244 e. The number of pyridine rings is 1. The third kappa shape index (κ3) is 3.25. The Labute approximate surface area is 174 Å². The zero-order chi connectivity index (χ0) is 20.9. The molecule has 7 nitrogen and oxygen atoms in total.